The summed E-state index contributed by atoms with van der Waals surface area (Å²) in [6.45, 7) is 6.93. The molecule has 0 amide bonds. The first-order chi connectivity index (χ1) is 8.06. The summed E-state index contributed by atoms with van der Waals surface area (Å²) in [6.07, 6.45) is 6.85. The van der Waals surface area contributed by atoms with E-state index in [0.717, 1.165) is 35.4 Å². The van der Waals surface area contributed by atoms with Crippen molar-refractivity contribution in [2.75, 3.05) is 12.3 Å². The molecule has 1 aromatic rings. The lowest BCUT2D eigenvalue weighted by molar-refractivity contribution is 0.308. The van der Waals surface area contributed by atoms with Crippen LogP contribution < -0.4 is 10.5 Å². The molecule has 17 heavy (non-hydrogen) atoms. The molecule has 2 nitrogen and oxygen atoms in total. The zero-order valence-corrected chi connectivity index (χ0v) is 10.9. The van der Waals surface area contributed by atoms with Gasteiger partial charge in [0.05, 0.1) is 6.61 Å². The van der Waals surface area contributed by atoms with Crippen molar-refractivity contribution in [3.63, 3.8) is 0 Å². The Kier molecular flexibility index (Phi) is 4.90. The number of unbranched alkanes of at least 4 members (excludes halogenated alkanes) is 1. The Morgan fingerprint density at radius 2 is 2.12 bits per heavy atom. The average molecular weight is 231 g/mol. The van der Waals surface area contributed by atoms with Crippen molar-refractivity contribution in [1.29, 1.82) is 0 Å². The van der Waals surface area contributed by atoms with Crippen molar-refractivity contribution in [2.45, 2.75) is 39.5 Å². The van der Waals surface area contributed by atoms with Gasteiger partial charge in [-0.25, -0.2) is 0 Å². The minimum Gasteiger partial charge on any atom is -0.493 e. The number of hydrogen-bond acceptors (Lipinski definition) is 2. The molecule has 0 aromatic heterocycles. The summed E-state index contributed by atoms with van der Waals surface area (Å²) >= 11 is 0. The summed E-state index contributed by atoms with van der Waals surface area (Å²) in [6, 6.07) is 4.02. The molecule has 0 aliphatic heterocycles. The van der Waals surface area contributed by atoms with Gasteiger partial charge >= 0.3 is 0 Å². The lowest BCUT2D eigenvalue weighted by atomic mass is 9.99. The number of anilines is 1. The van der Waals surface area contributed by atoms with Crippen LogP contribution in [0.1, 0.15) is 43.7 Å². The van der Waals surface area contributed by atoms with E-state index in [-0.39, 0.29) is 0 Å². The molecular weight excluding hydrogens is 210 g/mol. The quantitative estimate of drug-likeness (QED) is 0.478. The second kappa shape index (κ2) is 6.20. The van der Waals surface area contributed by atoms with Crippen LogP contribution in [-0.2, 0) is 0 Å². The second-order valence-electron chi connectivity index (χ2n) is 4.56. The van der Waals surface area contributed by atoms with Gasteiger partial charge in [0.25, 0.3) is 0 Å². The van der Waals surface area contributed by atoms with Crippen LogP contribution in [0.25, 0.3) is 0 Å². The highest BCUT2D eigenvalue weighted by molar-refractivity contribution is 5.55. The minimum atomic E-state index is 0.403. The molecule has 1 rings (SSSR count). The molecule has 0 spiro atoms. The average Bonchev–Trinajstić information content (AvgIpc) is 2.28. The third kappa shape index (κ3) is 3.71. The van der Waals surface area contributed by atoms with E-state index in [2.05, 4.69) is 19.8 Å². The van der Waals surface area contributed by atoms with E-state index in [4.69, 9.17) is 16.9 Å². The van der Waals surface area contributed by atoms with Gasteiger partial charge in [0.15, 0.2) is 0 Å². The smallest absolute Gasteiger partial charge is 0.123 e. The molecule has 0 saturated carbocycles. The van der Waals surface area contributed by atoms with Crippen LogP contribution in [-0.4, -0.2) is 6.61 Å². The molecule has 0 atom stereocenters. The Bertz CT molecular complexity index is 416. The molecule has 0 aliphatic carbocycles. The third-order valence-electron chi connectivity index (χ3n) is 2.74. The Morgan fingerprint density at radius 3 is 2.71 bits per heavy atom. The molecule has 2 heteroatoms. The number of nitrogen functional groups attached to an aromatic ring is 1. The Balaban J connectivity index is 2.82. The highest BCUT2D eigenvalue weighted by Gasteiger charge is 2.10. The Morgan fingerprint density at radius 1 is 1.41 bits per heavy atom. The topological polar surface area (TPSA) is 35.2 Å². The molecular formula is C15H21NO. The van der Waals surface area contributed by atoms with Crippen LogP contribution in [0.2, 0.25) is 0 Å². The van der Waals surface area contributed by atoms with E-state index in [1.165, 1.54) is 0 Å². The summed E-state index contributed by atoms with van der Waals surface area (Å²) in [4.78, 5) is 0. The van der Waals surface area contributed by atoms with Crippen molar-refractivity contribution >= 4 is 5.69 Å². The molecule has 0 fully saturated rings. The SMILES string of the molecule is C#CCCCOc1cc(C)c(N)cc1C(C)C. The summed E-state index contributed by atoms with van der Waals surface area (Å²) in [7, 11) is 0. The second-order valence-corrected chi connectivity index (χ2v) is 4.56. The first-order valence-corrected chi connectivity index (χ1v) is 6.02. The van der Waals surface area contributed by atoms with E-state index in [1.807, 2.05) is 19.1 Å². The van der Waals surface area contributed by atoms with E-state index in [0.29, 0.717) is 12.5 Å². The number of rotatable bonds is 5. The molecule has 0 aliphatic rings. The number of terminal acetylenes is 1. The van der Waals surface area contributed by atoms with Crippen LogP contribution in [0, 0.1) is 19.3 Å². The lowest BCUT2D eigenvalue weighted by Crippen LogP contribution is -2.03. The summed E-state index contributed by atoms with van der Waals surface area (Å²) in [5.74, 6) is 3.95. The van der Waals surface area contributed by atoms with Crippen molar-refractivity contribution in [1.82, 2.24) is 0 Å². The molecule has 0 radical (unpaired) electrons. The first kappa shape index (κ1) is 13.4. The van der Waals surface area contributed by atoms with Gasteiger partial charge in [-0.3, -0.25) is 0 Å². The molecule has 1 aromatic carbocycles. The Hall–Kier alpha value is -1.62. The normalized spacial score (nSPS) is 10.3. The molecule has 0 bridgehead atoms. The van der Waals surface area contributed by atoms with Gasteiger partial charge in [-0.2, -0.15) is 0 Å². The molecule has 2 N–H and O–H groups in total. The number of nitrogens with two attached hydrogens (primary N) is 1. The van der Waals surface area contributed by atoms with Gasteiger partial charge in [-0.1, -0.05) is 13.8 Å². The standard InChI is InChI=1S/C15H21NO/c1-5-6-7-8-17-15-9-12(4)14(16)10-13(15)11(2)3/h1,9-11H,6-8,16H2,2-4H3. The number of aryl methyl sites for hydroxylation is 1. The zero-order valence-electron chi connectivity index (χ0n) is 10.9. The van der Waals surface area contributed by atoms with Crippen LogP contribution in [0.3, 0.4) is 0 Å². The molecule has 0 saturated heterocycles. The van der Waals surface area contributed by atoms with Gasteiger partial charge in [0.2, 0.25) is 0 Å². The lowest BCUT2D eigenvalue weighted by Gasteiger charge is -2.16. The van der Waals surface area contributed by atoms with Crippen molar-refractivity contribution < 1.29 is 4.74 Å². The summed E-state index contributed by atoms with van der Waals surface area (Å²) in [5.41, 5.74) is 8.96. The van der Waals surface area contributed by atoms with Crippen molar-refractivity contribution in [3.8, 4) is 18.1 Å². The van der Waals surface area contributed by atoms with Gasteiger partial charge < -0.3 is 10.5 Å². The minimum absolute atomic E-state index is 0.403. The third-order valence-corrected chi connectivity index (χ3v) is 2.74. The maximum absolute atomic E-state index is 5.92. The first-order valence-electron chi connectivity index (χ1n) is 6.02. The van der Waals surface area contributed by atoms with E-state index < -0.39 is 0 Å². The van der Waals surface area contributed by atoms with Gasteiger partial charge in [0.1, 0.15) is 5.75 Å². The molecule has 0 heterocycles. The van der Waals surface area contributed by atoms with Gasteiger partial charge in [-0.05, 0) is 42.5 Å². The molecule has 0 unspecified atom stereocenters. The molecule has 92 valence electrons. The van der Waals surface area contributed by atoms with Crippen molar-refractivity contribution in [3.05, 3.63) is 23.3 Å². The van der Waals surface area contributed by atoms with Crippen LogP contribution in [0.5, 0.6) is 5.75 Å². The maximum atomic E-state index is 5.92. The maximum Gasteiger partial charge on any atom is 0.123 e. The monoisotopic (exact) mass is 231 g/mol. The number of hydrogen-bond donors (Lipinski definition) is 1. The fourth-order valence-electron chi connectivity index (χ4n) is 1.65. The summed E-state index contributed by atoms with van der Waals surface area (Å²) in [5, 5.41) is 0. The zero-order chi connectivity index (χ0) is 12.8. The highest BCUT2D eigenvalue weighted by atomic mass is 16.5. The fourth-order valence-corrected chi connectivity index (χ4v) is 1.65. The largest absolute Gasteiger partial charge is 0.493 e. The van der Waals surface area contributed by atoms with Gasteiger partial charge in [0, 0.05) is 12.1 Å². The van der Waals surface area contributed by atoms with Crippen molar-refractivity contribution in [2.24, 2.45) is 0 Å². The van der Waals surface area contributed by atoms with Crippen LogP contribution in [0.4, 0.5) is 5.69 Å². The van der Waals surface area contributed by atoms with E-state index in [1.54, 1.807) is 0 Å². The fraction of sp³-hybridized carbons (Fsp3) is 0.467. The predicted octanol–water partition coefficient (Wildman–Crippen LogP) is 3.49. The highest BCUT2D eigenvalue weighted by Crippen LogP contribution is 2.31. The van der Waals surface area contributed by atoms with E-state index in [9.17, 15) is 0 Å². The Labute approximate surface area is 104 Å². The summed E-state index contributed by atoms with van der Waals surface area (Å²) < 4.78 is 5.79. The van der Waals surface area contributed by atoms with Crippen LogP contribution >= 0.6 is 0 Å². The number of benzene rings is 1. The predicted molar refractivity (Wildman–Crippen MR) is 73.2 cm³/mol. The van der Waals surface area contributed by atoms with Gasteiger partial charge in [-0.15, -0.1) is 12.3 Å². The number of ether oxygens (including phenoxy) is 1. The van der Waals surface area contributed by atoms with Crippen LogP contribution in [0.15, 0.2) is 12.1 Å². The van der Waals surface area contributed by atoms with E-state index >= 15 is 0 Å².